The highest BCUT2D eigenvalue weighted by atomic mass is 32.2. The number of Topliss-reactive ketones (excluding diaryl/α,β-unsaturated/α-hetero) is 1. The Kier molecular flexibility index (Phi) is 6.68. The summed E-state index contributed by atoms with van der Waals surface area (Å²) in [4.78, 5) is 40.3. The molecule has 1 N–H and O–H groups in total. The van der Waals surface area contributed by atoms with E-state index in [1.807, 2.05) is 0 Å². The molecule has 0 saturated heterocycles. The molecule has 1 aromatic heterocycles. The van der Waals surface area contributed by atoms with Crippen LogP contribution in [0.5, 0.6) is 0 Å². The summed E-state index contributed by atoms with van der Waals surface area (Å²) in [6, 6.07) is 6.33. The number of carbonyl (C=O) groups is 3. The van der Waals surface area contributed by atoms with Crippen LogP contribution in [0, 0.1) is 13.8 Å². The van der Waals surface area contributed by atoms with Gasteiger partial charge in [0, 0.05) is 17.6 Å². The summed E-state index contributed by atoms with van der Waals surface area (Å²) in [6.07, 6.45) is 1.45. The minimum atomic E-state index is -1.38. The Morgan fingerprint density at radius 3 is 2.26 bits per heavy atom. The molecule has 0 spiro atoms. The van der Waals surface area contributed by atoms with Crippen LogP contribution in [-0.2, 0) is 20.3 Å². The summed E-state index contributed by atoms with van der Waals surface area (Å²) < 4.78 is 21.8. The molecule has 1 atom stereocenters. The molecule has 0 amide bonds. The highest BCUT2D eigenvalue weighted by Gasteiger charge is 2.26. The molecule has 144 valence electrons. The first-order valence-electron chi connectivity index (χ1n) is 8.27. The van der Waals surface area contributed by atoms with Crippen molar-refractivity contribution < 1.29 is 28.1 Å². The molecule has 27 heavy (non-hydrogen) atoms. The largest absolute Gasteiger partial charge is 0.462 e. The Labute approximate surface area is 159 Å². The molecule has 8 heteroatoms. The number of rotatable bonds is 7. The summed E-state index contributed by atoms with van der Waals surface area (Å²) in [5, 5.41) is 0. The normalized spacial score (nSPS) is 11.7. The predicted octanol–water partition coefficient (Wildman–Crippen LogP) is 2.59. The van der Waals surface area contributed by atoms with E-state index in [2.05, 4.69) is 4.98 Å². The topological polar surface area (TPSA) is 103 Å². The van der Waals surface area contributed by atoms with Crippen LogP contribution in [0.25, 0.3) is 0 Å². The second-order valence-corrected chi connectivity index (χ2v) is 7.14. The molecule has 0 saturated carbocycles. The fourth-order valence-electron chi connectivity index (χ4n) is 2.76. The quantitative estimate of drug-likeness (QED) is 0.575. The molecular weight excluding hydrogens is 370 g/mol. The van der Waals surface area contributed by atoms with Crippen LogP contribution in [0.2, 0.25) is 0 Å². The monoisotopic (exact) mass is 391 g/mol. The molecule has 0 fully saturated rings. The molecule has 0 aliphatic carbocycles. The number of ketones is 1. The molecule has 2 aromatic rings. The Bertz CT molecular complexity index is 915. The molecule has 0 aliphatic heterocycles. The van der Waals surface area contributed by atoms with E-state index in [1.165, 1.54) is 12.3 Å². The van der Waals surface area contributed by atoms with Crippen LogP contribution < -0.4 is 0 Å². The number of ether oxygens (including phenoxy) is 2. The first kappa shape index (κ1) is 20.6. The zero-order valence-electron chi connectivity index (χ0n) is 15.6. The second-order valence-electron chi connectivity index (χ2n) is 5.80. The van der Waals surface area contributed by atoms with E-state index in [1.54, 1.807) is 39.0 Å². The summed E-state index contributed by atoms with van der Waals surface area (Å²) in [6.45, 7) is 4.62. The van der Waals surface area contributed by atoms with E-state index >= 15 is 0 Å². The van der Waals surface area contributed by atoms with Gasteiger partial charge in [0.25, 0.3) is 0 Å². The predicted molar refractivity (Wildman–Crippen MR) is 99.6 cm³/mol. The van der Waals surface area contributed by atoms with E-state index in [0.717, 1.165) is 0 Å². The number of aromatic nitrogens is 1. The van der Waals surface area contributed by atoms with Gasteiger partial charge in [-0.15, -0.1) is 0 Å². The molecule has 2 rings (SSSR count). The van der Waals surface area contributed by atoms with Crippen molar-refractivity contribution in [2.75, 3.05) is 19.5 Å². The fourth-order valence-corrected chi connectivity index (χ4v) is 3.49. The Hall–Kier alpha value is -2.74. The zero-order valence-corrected chi connectivity index (χ0v) is 16.4. The fraction of sp³-hybridized carbons (Fsp3) is 0.316. The number of hydrogen-bond donors (Lipinski definition) is 1. The average molecular weight is 391 g/mol. The zero-order chi connectivity index (χ0) is 20.1. The molecule has 1 heterocycles. The molecule has 0 aliphatic rings. The first-order valence-corrected chi connectivity index (χ1v) is 9.82. The minimum absolute atomic E-state index is 0.138. The summed E-state index contributed by atoms with van der Waals surface area (Å²) in [5.74, 6) is -1.89. The van der Waals surface area contributed by atoms with Crippen LogP contribution in [0.4, 0.5) is 0 Å². The van der Waals surface area contributed by atoms with Crippen molar-refractivity contribution in [1.82, 2.24) is 4.98 Å². The SMILES string of the molecule is CCOC(=O)c1c(C)[nH]c(C)c1C(=O)COC(=O)c1ccccc1[S@@](C)=O. The van der Waals surface area contributed by atoms with Crippen molar-refractivity contribution in [3.05, 3.63) is 52.3 Å². The van der Waals surface area contributed by atoms with Crippen molar-refractivity contribution in [2.24, 2.45) is 0 Å². The van der Waals surface area contributed by atoms with E-state index in [4.69, 9.17) is 9.47 Å². The number of nitrogens with one attached hydrogen (secondary N) is 1. The van der Waals surface area contributed by atoms with Crippen molar-refractivity contribution in [1.29, 1.82) is 0 Å². The van der Waals surface area contributed by atoms with Gasteiger partial charge in [-0.25, -0.2) is 9.59 Å². The molecule has 0 unspecified atom stereocenters. The van der Waals surface area contributed by atoms with Crippen molar-refractivity contribution in [2.45, 2.75) is 25.7 Å². The third-order valence-corrected chi connectivity index (χ3v) is 4.86. The van der Waals surface area contributed by atoms with E-state index in [-0.39, 0.29) is 23.3 Å². The summed E-state index contributed by atoms with van der Waals surface area (Å²) >= 11 is 0. The van der Waals surface area contributed by atoms with Gasteiger partial charge in [-0.2, -0.15) is 0 Å². The molecule has 0 bridgehead atoms. The first-order chi connectivity index (χ1) is 12.8. The lowest BCUT2D eigenvalue weighted by Crippen LogP contribution is -2.19. The Morgan fingerprint density at radius 2 is 1.63 bits per heavy atom. The van der Waals surface area contributed by atoms with Crippen LogP contribution in [-0.4, -0.2) is 46.4 Å². The van der Waals surface area contributed by atoms with Crippen LogP contribution >= 0.6 is 0 Å². The maximum Gasteiger partial charge on any atom is 0.340 e. The third kappa shape index (κ3) is 4.51. The average Bonchev–Trinajstić information content (AvgIpc) is 2.93. The Balaban J connectivity index is 2.21. The van der Waals surface area contributed by atoms with Gasteiger partial charge in [0.15, 0.2) is 6.61 Å². The van der Waals surface area contributed by atoms with Gasteiger partial charge in [-0.1, -0.05) is 12.1 Å². The van der Waals surface area contributed by atoms with E-state index in [9.17, 15) is 18.6 Å². The maximum atomic E-state index is 12.6. The molecule has 7 nitrogen and oxygen atoms in total. The number of hydrogen-bond acceptors (Lipinski definition) is 6. The van der Waals surface area contributed by atoms with Gasteiger partial charge in [0.05, 0.1) is 39.0 Å². The highest BCUT2D eigenvalue weighted by molar-refractivity contribution is 7.84. The number of carbonyl (C=O) groups excluding carboxylic acids is 3. The Morgan fingerprint density at radius 1 is 1.00 bits per heavy atom. The van der Waals surface area contributed by atoms with E-state index in [0.29, 0.717) is 16.3 Å². The lowest BCUT2D eigenvalue weighted by Gasteiger charge is -2.09. The van der Waals surface area contributed by atoms with Gasteiger partial charge < -0.3 is 14.5 Å². The van der Waals surface area contributed by atoms with Gasteiger partial charge in [-0.3, -0.25) is 9.00 Å². The summed E-state index contributed by atoms with van der Waals surface area (Å²) in [5.41, 5.74) is 1.43. The van der Waals surface area contributed by atoms with Gasteiger partial charge in [0.2, 0.25) is 5.78 Å². The lowest BCUT2D eigenvalue weighted by molar-refractivity contribution is 0.0468. The van der Waals surface area contributed by atoms with E-state index < -0.39 is 35.1 Å². The smallest absolute Gasteiger partial charge is 0.340 e. The number of aryl methyl sites for hydroxylation is 2. The van der Waals surface area contributed by atoms with Gasteiger partial charge >= 0.3 is 11.9 Å². The van der Waals surface area contributed by atoms with Gasteiger partial charge in [0.1, 0.15) is 0 Å². The van der Waals surface area contributed by atoms with Crippen molar-refractivity contribution >= 4 is 28.5 Å². The number of esters is 2. The second kappa shape index (κ2) is 8.77. The highest BCUT2D eigenvalue weighted by Crippen LogP contribution is 2.21. The van der Waals surface area contributed by atoms with Crippen LogP contribution in [0.15, 0.2) is 29.2 Å². The molecule has 1 aromatic carbocycles. The number of aromatic amines is 1. The summed E-state index contributed by atoms with van der Waals surface area (Å²) in [7, 11) is -1.38. The lowest BCUT2D eigenvalue weighted by atomic mass is 10.1. The van der Waals surface area contributed by atoms with Crippen molar-refractivity contribution in [3.8, 4) is 0 Å². The van der Waals surface area contributed by atoms with Crippen LogP contribution in [0.1, 0.15) is 49.4 Å². The standard InChI is InChI=1S/C19H21NO6S/c1-5-25-19(23)17-12(3)20-11(2)16(17)14(21)10-26-18(22)13-8-6-7-9-15(13)27(4)24/h6-9,20H,5,10H2,1-4H3/t27-/m1/s1. The minimum Gasteiger partial charge on any atom is -0.462 e. The number of H-pyrrole nitrogens is 1. The molecular formula is C19H21NO6S. The van der Waals surface area contributed by atoms with Crippen LogP contribution in [0.3, 0.4) is 0 Å². The maximum absolute atomic E-state index is 12.6. The van der Waals surface area contributed by atoms with Gasteiger partial charge in [-0.05, 0) is 32.9 Å². The number of benzene rings is 1. The van der Waals surface area contributed by atoms with Crippen molar-refractivity contribution in [3.63, 3.8) is 0 Å². The molecule has 0 radical (unpaired) electrons. The third-order valence-electron chi connectivity index (χ3n) is 3.88.